The minimum atomic E-state index is -0.907. The fraction of sp³-hybridized carbons (Fsp3) is 0.412. The van der Waals surface area contributed by atoms with Crippen molar-refractivity contribution in [3.8, 4) is 5.75 Å². The number of methoxy groups -OCH3 is 1. The highest BCUT2D eigenvalue weighted by atomic mass is 16.7. The molecule has 1 fully saturated rings. The Labute approximate surface area is 150 Å². The van der Waals surface area contributed by atoms with Crippen molar-refractivity contribution in [1.82, 2.24) is 10.4 Å². The molecule has 0 amide bonds. The zero-order chi connectivity index (χ0) is 19.3. The minimum Gasteiger partial charge on any atom is -0.508 e. The maximum atomic E-state index is 12.2. The summed E-state index contributed by atoms with van der Waals surface area (Å²) in [7, 11) is 2.74. The molecule has 142 valence electrons. The lowest BCUT2D eigenvalue weighted by atomic mass is 10.0. The van der Waals surface area contributed by atoms with Crippen LogP contribution < -0.4 is 5.32 Å². The number of phenolic OH excluding ortho intramolecular Hbond substituents is 1. The quantitative estimate of drug-likeness (QED) is 0.362. The molecular formula is C17H22N2O7. The van der Waals surface area contributed by atoms with Gasteiger partial charge in [-0.3, -0.25) is 10.1 Å². The molecule has 2 atom stereocenters. The summed E-state index contributed by atoms with van der Waals surface area (Å²) in [5, 5.41) is 23.5. The molecule has 0 aromatic heterocycles. The molecule has 9 heteroatoms. The van der Waals surface area contributed by atoms with Crippen LogP contribution in [0.4, 0.5) is 0 Å². The van der Waals surface area contributed by atoms with Crippen molar-refractivity contribution in [2.75, 3.05) is 20.8 Å². The molecule has 2 unspecified atom stereocenters. The van der Waals surface area contributed by atoms with Crippen LogP contribution in [0.25, 0.3) is 0 Å². The second kappa shape index (κ2) is 8.54. The monoisotopic (exact) mass is 366 g/mol. The number of nitrogens with one attached hydrogen (secondary N) is 1. The third-order valence-corrected chi connectivity index (χ3v) is 3.82. The summed E-state index contributed by atoms with van der Waals surface area (Å²) in [6, 6.07) is 5.51. The number of aromatic hydroxyl groups is 1. The van der Waals surface area contributed by atoms with Crippen molar-refractivity contribution in [2.45, 2.75) is 25.6 Å². The van der Waals surface area contributed by atoms with Gasteiger partial charge in [-0.15, -0.1) is 5.06 Å². The molecule has 9 nitrogen and oxygen atoms in total. The number of phenols is 1. The van der Waals surface area contributed by atoms with Gasteiger partial charge in [0.1, 0.15) is 18.0 Å². The van der Waals surface area contributed by atoms with Crippen molar-refractivity contribution in [3.63, 3.8) is 0 Å². The third-order valence-electron chi connectivity index (χ3n) is 3.82. The number of hydrogen-bond donors (Lipinski definition) is 3. The number of rotatable bonds is 7. The van der Waals surface area contributed by atoms with Gasteiger partial charge in [0, 0.05) is 7.05 Å². The SMILES string of the molecule is CCO/C(O)=C1\C(=O)ON(C)C1NC(Cc1ccc(O)cc1)C(=O)OC. The summed E-state index contributed by atoms with van der Waals surface area (Å²) < 4.78 is 9.82. The van der Waals surface area contributed by atoms with Crippen LogP contribution in [0.3, 0.4) is 0 Å². The summed E-state index contributed by atoms with van der Waals surface area (Å²) in [6.07, 6.45) is -0.677. The Balaban J connectivity index is 2.25. The molecule has 1 heterocycles. The average molecular weight is 366 g/mol. The standard InChI is InChI=1S/C17H22N2O7/c1-4-25-16(22)13-14(19(2)26-17(13)23)18-12(15(21)24-3)9-10-5-7-11(20)8-6-10/h5-8,12,14,18,20,22H,4,9H2,1-3H3/b16-13-. The number of aliphatic hydroxyl groups is 1. The molecular weight excluding hydrogens is 344 g/mol. The Morgan fingerprint density at radius 2 is 2.04 bits per heavy atom. The van der Waals surface area contributed by atoms with Crippen molar-refractivity contribution in [2.24, 2.45) is 0 Å². The number of benzene rings is 1. The topological polar surface area (TPSA) is 118 Å². The van der Waals surface area contributed by atoms with Crippen LogP contribution >= 0.6 is 0 Å². The molecule has 1 aromatic carbocycles. The summed E-state index contributed by atoms with van der Waals surface area (Å²) >= 11 is 0. The molecule has 0 saturated carbocycles. The number of hydroxylamine groups is 2. The first-order valence-corrected chi connectivity index (χ1v) is 8.00. The van der Waals surface area contributed by atoms with Gasteiger partial charge in [-0.05, 0) is 31.0 Å². The number of nitrogens with zero attached hydrogens (tertiary/aromatic N) is 1. The van der Waals surface area contributed by atoms with Crippen LogP contribution in [0.2, 0.25) is 0 Å². The Bertz CT molecular complexity index is 687. The lowest BCUT2D eigenvalue weighted by molar-refractivity contribution is -0.170. The van der Waals surface area contributed by atoms with Crippen LogP contribution in [-0.2, 0) is 30.3 Å². The van der Waals surface area contributed by atoms with E-state index in [0.29, 0.717) is 0 Å². The second-order valence-electron chi connectivity index (χ2n) is 5.59. The van der Waals surface area contributed by atoms with Crippen molar-refractivity contribution in [1.29, 1.82) is 0 Å². The Morgan fingerprint density at radius 3 is 2.62 bits per heavy atom. The van der Waals surface area contributed by atoms with Crippen molar-refractivity contribution in [3.05, 3.63) is 41.3 Å². The first-order chi connectivity index (χ1) is 12.4. The van der Waals surface area contributed by atoms with E-state index in [1.54, 1.807) is 19.1 Å². The molecule has 0 aliphatic carbocycles. The van der Waals surface area contributed by atoms with Gasteiger partial charge in [0.05, 0.1) is 13.7 Å². The minimum absolute atomic E-state index is 0.109. The highest BCUT2D eigenvalue weighted by molar-refractivity contribution is 5.91. The molecule has 0 spiro atoms. The predicted octanol–water partition coefficient (Wildman–Crippen LogP) is 0.602. The molecule has 2 rings (SSSR count). The normalized spacial score (nSPS) is 20.4. The number of esters is 1. The van der Waals surface area contributed by atoms with E-state index < -0.39 is 30.1 Å². The zero-order valence-corrected chi connectivity index (χ0v) is 14.8. The molecule has 3 N–H and O–H groups in total. The van der Waals surface area contributed by atoms with Gasteiger partial charge in [-0.2, -0.15) is 0 Å². The van der Waals surface area contributed by atoms with E-state index in [1.807, 2.05) is 0 Å². The number of aliphatic hydroxyl groups excluding tert-OH is 1. The predicted molar refractivity (Wildman–Crippen MR) is 89.7 cm³/mol. The Hall–Kier alpha value is -2.78. The third kappa shape index (κ3) is 4.44. The van der Waals surface area contributed by atoms with Crippen LogP contribution in [0.5, 0.6) is 5.75 Å². The van der Waals surface area contributed by atoms with E-state index in [-0.39, 0.29) is 24.4 Å². The maximum absolute atomic E-state index is 12.2. The first kappa shape index (κ1) is 19.5. The van der Waals surface area contributed by atoms with E-state index in [0.717, 1.165) is 5.56 Å². The molecule has 1 aliphatic rings. The zero-order valence-electron chi connectivity index (χ0n) is 14.8. The number of hydrogen-bond acceptors (Lipinski definition) is 9. The average Bonchev–Trinajstić information content (AvgIpc) is 2.89. The lowest BCUT2D eigenvalue weighted by Crippen LogP contribution is -2.50. The van der Waals surface area contributed by atoms with E-state index in [2.05, 4.69) is 5.32 Å². The summed E-state index contributed by atoms with van der Waals surface area (Å²) in [4.78, 5) is 29.1. The van der Waals surface area contributed by atoms with Gasteiger partial charge in [0.15, 0.2) is 5.57 Å². The van der Waals surface area contributed by atoms with Crippen LogP contribution in [0.15, 0.2) is 35.8 Å². The number of likely N-dealkylation sites (N-methyl/N-ethyl adjacent to an activating group) is 1. The van der Waals surface area contributed by atoms with E-state index in [4.69, 9.17) is 14.3 Å². The summed E-state index contributed by atoms with van der Waals surface area (Å²) in [6.45, 7) is 1.82. The maximum Gasteiger partial charge on any atom is 0.363 e. The van der Waals surface area contributed by atoms with E-state index in [1.165, 1.54) is 31.4 Å². The fourth-order valence-electron chi connectivity index (χ4n) is 2.54. The van der Waals surface area contributed by atoms with Gasteiger partial charge in [0.25, 0.3) is 5.95 Å². The van der Waals surface area contributed by atoms with Gasteiger partial charge in [-0.1, -0.05) is 12.1 Å². The van der Waals surface area contributed by atoms with E-state index >= 15 is 0 Å². The Morgan fingerprint density at radius 1 is 1.38 bits per heavy atom. The smallest absolute Gasteiger partial charge is 0.363 e. The van der Waals surface area contributed by atoms with Gasteiger partial charge in [0.2, 0.25) is 0 Å². The molecule has 26 heavy (non-hydrogen) atoms. The van der Waals surface area contributed by atoms with Crippen molar-refractivity contribution >= 4 is 11.9 Å². The first-order valence-electron chi connectivity index (χ1n) is 8.00. The van der Waals surface area contributed by atoms with Crippen molar-refractivity contribution < 1.29 is 34.1 Å². The van der Waals surface area contributed by atoms with Gasteiger partial charge in [-0.25, -0.2) is 4.79 Å². The van der Waals surface area contributed by atoms with Gasteiger partial charge < -0.3 is 24.5 Å². The summed E-state index contributed by atoms with van der Waals surface area (Å²) in [5.41, 5.74) is 0.632. The van der Waals surface area contributed by atoms with E-state index in [9.17, 15) is 19.8 Å². The van der Waals surface area contributed by atoms with Crippen LogP contribution in [-0.4, -0.2) is 60.2 Å². The highest BCUT2D eigenvalue weighted by Crippen LogP contribution is 2.23. The molecule has 0 bridgehead atoms. The lowest BCUT2D eigenvalue weighted by Gasteiger charge is -2.24. The van der Waals surface area contributed by atoms with Crippen LogP contribution in [0, 0.1) is 0 Å². The summed E-state index contributed by atoms with van der Waals surface area (Å²) in [5.74, 6) is -1.78. The number of ether oxygens (including phenoxy) is 2. The number of carbonyl (C=O) groups excluding carboxylic acids is 2. The van der Waals surface area contributed by atoms with Crippen LogP contribution in [0.1, 0.15) is 12.5 Å². The highest BCUT2D eigenvalue weighted by Gasteiger charge is 2.42. The molecule has 0 radical (unpaired) electrons. The molecule has 1 aromatic rings. The second-order valence-corrected chi connectivity index (χ2v) is 5.59. The largest absolute Gasteiger partial charge is 0.508 e. The molecule has 1 aliphatic heterocycles. The molecule has 1 saturated heterocycles. The Kier molecular flexibility index (Phi) is 6.42. The fourth-order valence-corrected chi connectivity index (χ4v) is 2.54. The number of carbonyl (C=O) groups is 2. The van der Waals surface area contributed by atoms with Gasteiger partial charge >= 0.3 is 11.9 Å².